The number of carbonyl (C=O) groups excluding carboxylic acids is 2. The Balaban J connectivity index is 1.55. The fraction of sp³-hybridized carbons (Fsp3) is 0.476. The second-order valence-corrected chi connectivity index (χ2v) is 7.86. The number of benzene rings is 1. The van der Waals surface area contributed by atoms with Gasteiger partial charge in [0.05, 0.1) is 6.42 Å². The van der Waals surface area contributed by atoms with Gasteiger partial charge in [-0.1, -0.05) is 30.3 Å². The first-order valence-electron chi connectivity index (χ1n) is 9.91. The molecular weight excluding hydrogens is 356 g/mol. The minimum atomic E-state index is -0.749. The van der Waals surface area contributed by atoms with E-state index in [4.69, 9.17) is 0 Å². The molecule has 2 amide bonds. The molecule has 0 aliphatic carbocycles. The van der Waals surface area contributed by atoms with Crippen LogP contribution in [-0.2, 0) is 22.6 Å². The Kier molecular flexibility index (Phi) is 4.83. The van der Waals surface area contributed by atoms with Crippen LogP contribution in [0.2, 0.25) is 0 Å². The highest BCUT2D eigenvalue weighted by molar-refractivity contribution is 5.93. The lowest BCUT2D eigenvalue weighted by Crippen LogP contribution is -2.61. The van der Waals surface area contributed by atoms with Crippen molar-refractivity contribution < 1.29 is 9.59 Å². The lowest BCUT2D eigenvalue weighted by molar-refractivity contribution is -0.155. The Morgan fingerprint density at radius 1 is 1.07 bits per heavy atom. The van der Waals surface area contributed by atoms with Crippen LogP contribution in [0.4, 0.5) is 0 Å². The van der Waals surface area contributed by atoms with E-state index in [1.807, 2.05) is 35.2 Å². The van der Waals surface area contributed by atoms with Crippen LogP contribution in [0.5, 0.6) is 0 Å². The summed E-state index contributed by atoms with van der Waals surface area (Å²) in [6.45, 7) is 3.63. The van der Waals surface area contributed by atoms with E-state index in [9.17, 15) is 14.4 Å². The van der Waals surface area contributed by atoms with E-state index in [2.05, 4.69) is 10.2 Å². The van der Waals surface area contributed by atoms with Gasteiger partial charge < -0.3 is 14.9 Å². The van der Waals surface area contributed by atoms with Gasteiger partial charge in [-0.3, -0.25) is 19.5 Å². The normalized spacial score (nSPS) is 22.2. The molecule has 1 aromatic carbocycles. The van der Waals surface area contributed by atoms with E-state index < -0.39 is 5.54 Å². The maximum atomic E-state index is 13.5. The van der Waals surface area contributed by atoms with Crippen LogP contribution in [-0.4, -0.2) is 50.4 Å². The molecule has 4 rings (SSSR count). The number of piperidine rings is 1. The summed E-state index contributed by atoms with van der Waals surface area (Å²) in [4.78, 5) is 42.1. The number of hydrogen-bond donors (Lipinski definition) is 2. The van der Waals surface area contributed by atoms with Crippen LogP contribution in [0.15, 0.2) is 35.1 Å². The Hall–Kier alpha value is -2.83. The number of rotatable bonds is 4. The van der Waals surface area contributed by atoms with Gasteiger partial charge in [0.15, 0.2) is 0 Å². The second kappa shape index (κ2) is 7.30. The summed E-state index contributed by atoms with van der Waals surface area (Å²) in [6, 6.07) is 9.95. The summed E-state index contributed by atoms with van der Waals surface area (Å²) in [5.74, 6) is -0.0891. The molecule has 3 heterocycles. The van der Waals surface area contributed by atoms with Gasteiger partial charge in [-0.25, -0.2) is 0 Å². The molecule has 28 heavy (non-hydrogen) atoms. The van der Waals surface area contributed by atoms with Crippen LogP contribution in [0.3, 0.4) is 0 Å². The number of H-pyrrole nitrogens is 2. The Morgan fingerprint density at radius 3 is 2.46 bits per heavy atom. The van der Waals surface area contributed by atoms with E-state index in [-0.39, 0.29) is 23.8 Å². The van der Waals surface area contributed by atoms with Crippen molar-refractivity contribution in [2.45, 2.75) is 51.1 Å². The number of aromatic nitrogens is 2. The van der Waals surface area contributed by atoms with Crippen molar-refractivity contribution in [3.05, 3.63) is 57.5 Å². The molecule has 1 unspecified atom stereocenters. The van der Waals surface area contributed by atoms with Crippen LogP contribution in [0.25, 0.3) is 0 Å². The molecule has 0 radical (unpaired) electrons. The maximum absolute atomic E-state index is 13.5. The molecule has 2 aliphatic heterocycles. The monoisotopic (exact) mass is 382 g/mol. The number of aryl methyl sites for hydroxylation is 1. The highest BCUT2D eigenvalue weighted by atomic mass is 16.2. The molecule has 1 aromatic heterocycles. The predicted octanol–water partition coefficient (Wildman–Crippen LogP) is 1.74. The molecule has 2 fully saturated rings. The zero-order valence-corrected chi connectivity index (χ0v) is 16.2. The summed E-state index contributed by atoms with van der Waals surface area (Å²) in [5, 5.41) is 5.28. The van der Waals surface area contributed by atoms with Gasteiger partial charge in [-0.05, 0) is 38.2 Å². The Morgan fingerprint density at radius 2 is 1.79 bits per heavy atom. The number of amides is 2. The van der Waals surface area contributed by atoms with Gasteiger partial charge in [0.2, 0.25) is 11.8 Å². The van der Waals surface area contributed by atoms with Gasteiger partial charge in [0.1, 0.15) is 5.54 Å². The topological polar surface area (TPSA) is 89.3 Å². The standard InChI is InChI=1S/C21H26N4O3/c1-15-17(19(27)23-22-15)13-18(26)25-12-6-10-21(25)9-5-11-24(20(21)28)14-16-7-3-2-4-8-16/h2-4,7-8H,5-6,9-14H2,1H3,(H2,22,23,27). The summed E-state index contributed by atoms with van der Waals surface area (Å²) in [5.41, 5.74) is 1.21. The van der Waals surface area contributed by atoms with Gasteiger partial charge in [0, 0.05) is 30.9 Å². The van der Waals surface area contributed by atoms with Gasteiger partial charge in [-0.2, -0.15) is 0 Å². The van der Waals surface area contributed by atoms with E-state index >= 15 is 0 Å². The Bertz CT molecular complexity index is 933. The van der Waals surface area contributed by atoms with Crippen LogP contribution in [0, 0.1) is 6.92 Å². The molecule has 2 saturated heterocycles. The van der Waals surface area contributed by atoms with Gasteiger partial charge in [-0.15, -0.1) is 0 Å². The second-order valence-electron chi connectivity index (χ2n) is 7.86. The molecule has 0 bridgehead atoms. The molecule has 2 aliphatic rings. The third-order valence-corrected chi connectivity index (χ3v) is 6.13. The van der Waals surface area contributed by atoms with Gasteiger partial charge >= 0.3 is 0 Å². The first-order valence-corrected chi connectivity index (χ1v) is 9.91. The third kappa shape index (κ3) is 3.15. The fourth-order valence-electron chi connectivity index (χ4n) is 4.68. The number of aromatic amines is 2. The molecule has 2 aromatic rings. The minimum Gasteiger partial charge on any atom is -0.336 e. The van der Waals surface area contributed by atoms with Crippen molar-refractivity contribution in [3.63, 3.8) is 0 Å². The number of hydrogen-bond acceptors (Lipinski definition) is 3. The molecule has 148 valence electrons. The molecule has 2 N–H and O–H groups in total. The van der Waals surface area contributed by atoms with Crippen molar-refractivity contribution in [2.75, 3.05) is 13.1 Å². The highest BCUT2D eigenvalue weighted by Crippen LogP contribution is 2.39. The molecule has 1 spiro atoms. The van der Waals surface area contributed by atoms with E-state index in [0.29, 0.717) is 43.7 Å². The molecule has 7 heteroatoms. The van der Waals surface area contributed by atoms with Crippen molar-refractivity contribution in [2.24, 2.45) is 0 Å². The molecule has 0 saturated carbocycles. The minimum absolute atomic E-state index is 0.0262. The van der Waals surface area contributed by atoms with Crippen molar-refractivity contribution in [3.8, 4) is 0 Å². The summed E-state index contributed by atoms with van der Waals surface area (Å²) >= 11 is 0. The highest BCUT2D eigenvalue weighted by Gasteiger charge is 2.52. The largest absolute Gasteiger partial charge is 0.336 e. The number of nitrogens with zero attached hydrogens (tertiary/aromatic N) is 2. The number of carbonyl (C=O) groups is 2. The van der Waals surface area contributed by atoms with E-state index in [1.54, 1.807) is 11.8 Å². The zero-order valence-electron chi connectivity index (χ0n) is 16.2. The smallest absolute Gasteiger partial charge is 0.267 e. The number of nitrogens with one attached hydrogen (secondary N) is 2. The predicted molar refractivity (Wildman–Crippen MR) is 105 cm³/mol. The SMILES string of the molecule is Cc1[nH][nH]c(=O)c1CC(=O)N1CCCC12CCCN(Cc1ccccc1)C2=O. The quantitative estimate of drug-likeness (QED) is 0.844. The van der Waals surface area contributed by atoms with E-state index in [0.717, 1.165) is 18.4 Å². The Labute approximate surface area is 163 Å². The summed E-state index contributed by atoms with van der Waals surface area (Å²) in [6.07, 6.45) is 3.13. The summed E-state index contributed by atoms with van der Waals surface area (Å²) < 4.78 is 0. The third-order valence-electron chi connectivity index (χ3n) is 6.13. The lowest BCUT2D eigenvalue weighted by Gasteiger charge is -2.44. The van der Waals surface area contributed by atoms with Crippen molar-refractivity contribution in [1.82, 2.24) is 20.0 Å². The average molecular weight is 382 g/mol. The van der Waals surface area contributed by atoms with Gasteiger partial charge in [0.25, 0.3) is 5.56 Å². The molecule has 7 nitrogen and oxygen atoms in total. The van der Waals surface area contributed by atoms with Crippen molar-refractivity contribution in [1.29, 1.82) is 0 Å². The number of likely N-dealkylation sites (tertiary alicyclic amines) is 2. The van der Waals surface area contributed by atoms with Crippen LogP contribution >= 0.6 is 0 Å². The van der Waals surface area contributed by atoms with Crippen molar-refractivity contribution >= 4 is 11.8 Å². The van der Waals surface area contributed by atoms with E-state index in [1.165, 1.54) is 0 Å². The first kappa shape index (κ1) is 18.5. The molecular formula is C21H26N4O3. The fourth-order valence-corrected chi connectivity index (χ4v) is 4.68. The lowest BCUT2D eigenvalue weighted by atomic mass is 9.85. The summed E-state index contributed by atoms with van der Waals surface area (Å²) in [7, 11) is 0. The zero-order chi connectivity index (χ0) is 19.7. The maximum Gasteiger partial charge on any atom is 0.267 e. The van der Waals surface area contributed by atoms with Crippen LogP contribution < -0.4 is 5.56 Å². The first-order chi connectivity index (χ1) is 13.5. The average Bonchev–Trinajstić information content (AvgIpc) is 3.25. The molecule has 1 atom stereocenters. The van der Waals surface area contributed by atoms with Crippen LogP contribution in [0.1, 0.15) is 42.5 Å².